The summed E-state index contributed by atoms with van der Waals surface area (Å²) in [5.74, 6) is -0.281. The van der Waals surface area contributed by atoms with E-state index in [2.05, 4.69) is 25.2 Å². The maximum absolute atomic E-state index is 13.5. The van der Waals surface area contributed by atoms with Crippen molar-refractivity contribution in [2.45, 2.75) is 72.8 Å². The van der Waals surface area contributed by atoms with Crippen LogP contribution in [0.15, 0.2) is 17.8 Å². The standard InChI is InChI=1S/C19H32N7O5P/c1-12(2)24-31-32(28,25-19(6,7)18(27)30-13(3)4)11-29-14(5)8-26-10-23-15-16(20)21-9-22-17(15)26/h9-10,13-14H,8,11H2,1-7H3,(H,25,28)(H2,20,21,22)/t14-,32?/m0/s1. The Bertz CT molecular complexity index is 1020. The molecule has 0 saturated heterocycles. The number of ether oxygens (including phenoxy) is 2. The van der Waals surface area contributed by atoms with Gasteiger partial charge in [0.05, 0.1) is 30.8 Å². The van der Waals surface area contributed by atoms with Crippen LogP contribution in [0.1, 0.15) is 48.5 Å². The highest BCUT2D eigenvalue weighted by atomic mass is 31.2. The molecule has 0 saturated carbocycles. The summed E-state index contributed by atoms with van der Waals surface area (Å²) >= 11 is 0. The Hall–Kier alpha value is -2.56. The number of fused-ring (bicyclic) bond motifs is 1. The molecular weight excluding hydrogens is 437 g/mol. The zero-order chi connectivity index (χ0) is 24.1. The number of nitrogens with two attached hydrogens (primary N) is 1. The van der Waals surface area contributed by atoms with Crippen molar-refractivity contribution in [3.05, 3.63) is 12.7 Å². The second-order valence-corrected chi connectivity index (χ2v) is 10.4. The first-order valence-electron chi connectivity index (χ1n) is 10.2. The zero-order valence-electron chi connectivity index (χ0n) is 19.5. The van der Waals surface area contributed by atoms with Gasteiger partial charge in [-0.25, -0.2) is 20.0 Å². The Morgan fingerprint density at radius 2 is 1.97 bits per heavy atom. The highest BCUT2D eigenvalue weighted by Crippen LogP contribution is 2.45. The largest absolute Gasteiger partial charge is 0.462 e. The third-order valence-corrected chi connectivity index (χ3v) is 5.80. The summed E-state index contributed by atoms with van der Waals surface area (Å²) < 4.78 is 31.6. The van der Waals surface area contributed by atoms with Crippen LogP contribution >= 0.6 is 7.52 Å². The molecule has 178 valence electrons. The van der Waals surface area contributed by atoms with Gasteiger partial charge in [-0.3, -0.25) is 9.36 Å². The summed E-state index contributed by atoms with van der Waals surface area (Å²) in [6, 6.07) is 0. The van der Waals surface area contributed by atoms with E-state index in [4.69, 9.17) is 19.8 Å². The van der Waals surface area contributed by atoms with E-state index in [0.29, 0.717) is 23.4 Å². The second-order valence-electron chi connectivity index (χ2n) is 8.42. The molecule has 2 aromatic rings. The van der Waals surface area contributed by atoms with Gasteiger partial charge < -0.3 is 24.4 Å². The number of hydrogen-bond acceptors (Lipinski definition) is 10. The number of anilines is 1. The highest BCUT2D eigenvalue weighted by Gasteiger charge is 2.40. The SMILES string of the molecule is CC(C)=NOP(=O)(CO[C@@H](C)Cn1cnc2c(N)ncnc21)NC(C)(C)C(=O)OC(C)C. The van der Waals surface area contributed by atoms with Gasteiger partial charge in [-0.15, -0.1) is 0 Å². The van der Waals surface area contributed by atoms with Crippen molar-refractivity contribution in [1.82, 2.24) is 24.6 Å². The van der Waals surface area contributed by atoms with Gasteiger partial charge in [-0.2, -0.15) is 0 Å². The van der Waals surface area contributed by atoms with Crippen molar-refractivity contribution in [2.24, 2.45) is 5.16 Å². The number of carbonyl (C=O) groups is 1. The second kappa shape index (κ2) is 10.4. The molecule has 3 N–H and O–H groups in total. The van der Waals surface area contributed by atoms with Gasteiger partial charge in [-0.05, 0) is 48.5 Å². The summed E-state index contributed by atoms with van der Waals surface area (Å²) in [6.45, 7) is 12.1. The third-order valence-electron chi connectivity index (χ3n) is 4.07. The number of aromatic nitrogens is 4. The molecule has 0 fully saturated rings. The lowest BCUT2D eigenvalue weighted by Gasteiger charge is -2.29. The molecule has 0 aliphatic carbocycles. The summed E-state index contributed by atoms with van der Waals surface area (Å²) in [4.78, 5) is 24.8. The van der Waals surface area contributed by atoms with Crippen molar-refractivity contribution in [3.63, 3.8) is 0 Å². The first-order chi connectivity index (χ1) is 14.8. The lowest BCUT2D eigenvalue weighted by atomic mass is 10.1. The Morgan fingerprint density at radius 3 is 2.59 bits per heavy atom. The predicted octanol–water partition coefficient (Wildman–Crippen LogP) is 2.70. The van der Waals surface area contributed by atoms with Gasteiger partial charge in [0, 0.05) is 0 Å². The molecule has 2 rings (SSSR count). The molecule has 13 heteroatoms. The number of hydrogen-bond donors (Lipinski definition) is 2. The fourth-order valence-corrected chi connectivity index (χ4v) is 4.49. The van der Waals surface area contributed by atoms with Crippen molar-refractivity contribution in [2.75, 3.05) is 12.1 Å². The minimum atomic E-state index is -3.72. The maximum atomic E-state index is 13.5. The van der Waals surface area contributed by atoms with Crippen molar-refractivity contribution < 1.29 is 23.5 Å². The fraction of sp³-hybridized carbons (Fsp3) is 0.632. The number of nitrogen functional groups attached to an aromatic ring is 1. The normalized spacial score (nSPS) is 14.8. The van der Waals surface area contributed by atoms with Crippen LogP contribution in [0.3, 0.4) is 0 Å². The molecule has 32 heavy (non-hydrogen) atoms. The molecule has 2 aromatic heterocycles. The van der Waals surface area contributed by atoms with Crippen LogP contribution in [0.2, 0.25) is 0 Å². The molecular formula is C19H32N7O5P. The van der Waals surface area contributed by atoms with E-state index < -0.39 is 25.1 Å². The van der Waals surface area contributed by atoms with Crippen LogP contribution in [-0.2, 0) is 30.0 Å². The molecule has 0 radical (unpaired) electrons. The molecule has 0 aromatic carbocycles. The predicted molar refractivity (Wildman–Crippen MR) is 121 cm³/mol. The fourth-order valence-electron chi connectivity index (χ4n) is 2.64. The van der Waals surface area contributed by atoms with E-state index in [1.54, 1.807) is 59.4 Å². The van der Waals surface area contributed by atoms with Gasteiger partial charge in [0.15, 0.2) is 11.5 Å². The Balaban J connectivity index is 2.11. The monoisotopic (exact) mass is 469 g/mol. The molecule has 0 amide bonds. The van der Waals surface area contributed by atoms with Crippen molar-refractivity contribution in [3.8, 4) is 0 Å². The van der Waals surface area contributed by atoms with Gasteiger partial charge >= 0.3 is 13.5 Å². The van der Waals surface area contributed by atoms with Crippen LogP contribution in [0.5, 0.6) is 0 Å². The minimum absolute atomic E-state index is 0.285. The Kier molecular flexibility index (Phi) is 8.33. The lowest BCUT2D eigenvalue weighted by Crippen LogP contribution is -2.47. The summed E-state index contributed by atoms with van der Waals surface area (Å²) in [5, 5.41) is 6.57. The minimum Gasteiger partial charge on any atom is -0.462 e. The molecule has 0 aliphatic heterocycles. The van der Waals surface area contributed by atoms with Crippen LogP contribution < -0.4 is 10.8 Å². The van der Waals surface area contributed by atoms with E-state index in [0.717, 1.165) is 0 Å². The lowest BCUT2D eigenvalue weighted by molar-refractivity contribution is -0.153. The van der Waals surface area contributed by atoms with E-state index in [1.165, 1.54) is 6.33 Å². The Morgan fingerprint density at radius 1 is 1.28 bits per heavy atom. The van der Waals surface area contributed by atoms with Gasteiger partial charge in [0.1, 0.15) is 23.7 Å². The zero-order valence-corrected chi connectivity index (χ0v) is 20.4. The molecule has 0 aliphatic rings. The maximum Gasteiger partial charge on any atom is 0.365 e. The summed E-state index contributed by atoms with van der Waals surface area (Å²) in [7, 11) is -3.72. The topological polar surface area (TPSA) is 156 Å². The smallest absolute Gasteiger partial charge is 0.365 e. The van der Waals surface area contributed by atoms with E-state index in [9.17, 15) is 9.36 Å². The molecule has 2 heterocycles. The van der Waals surface area contributed by atoms with Crippen LogP contribution in [0.25, 0.3) is 11.2 Å². The molecule has 2 atom stereocenters. The average Bonchev–Trinajstić information content (AvgIpc) is 3.08. The highest BCUT2D eigenvalue weighted by molar-refractivity contribution is 7.56. The third kappa shape index (κ3) is 6.98. The van der Waals surface area contributed by atoms with E-state index in [1.807, 2.05) is 0 Å². The first-order valence-corrected chi connectivity index (χ1v) is 12.0. The molecule has 0 bridgehead atoms. The Labute approximate surface area is 187 Å². The number of nitrogens with zero attached hydrogens (tertiary/aromatic N) is 5. The van der Waals surface area contributed by atoms with Crippen LogP contribution in [0, 0.1) is 0 Å². The number of oxime groups is 1. The number of rotatable bonds is 11. The van der Waals surface area contributed by atoms with Crippen molar-refractivity contribution >= 4 is 36.2 Å². The number of imidazole rings is 1. The molecule has 1 unspecified atom stereocenters. The quantitative estimate of drug-likeness (QED) is 0.217. The summed E-state index contributed by atoms with van der Waals surface area (Å²) in [6.07, 6.45) is 1.89. The van der Waals surface area contributed by atoms with Crippen molar-refractivity contribution in [1.29, 1.82) is 0 Å². The van der Waals surface area contributed by atoms with Crippen LogP contribution in [-0.4, -0.2) is 55.3 Å². The first kappa shape index (κ1) is 25.7. The van der Waals surface area contributed by atoms with Gasteiger partial charge in [0.2, 0.25) is 0 Å². The van der Waals surface area contributed by atoms with Gasteiger partial charge in [-0.1, -0.05) is 5.16 Å². The number of esters is 1. The van der Waals surface area contributed by atoms with E-state index in [-0.39, 0.29) is 18.3 Å². The van der Waals surface area contributed by atoms with Crippen LogP contribution in [0.4, 0.5) is 5.82 Å². The molecule has 0 spiro atoms. The van der Waals surface area contributed by atoms with Gasteiger partial charge in [0.25, 0.3) is 0 Å². The number of nitrogens with one attached hydrogen (secondary N) is 1. The summed E-state index contributed by atoms with van der Waals surface area (Å²) in [5.41, 5.74) is 6.14. The van der Waals surface area contributed by atoms with E-state index >= 15 is 0 Å². The number of carbonyl (C=O) groups excluding carboxylic acids is 1. The average molecular weight is 469 g/mol. The molecule has 12 nitrogen and oxygen atoms in total.